The molecule has 3 amide bonds. The van der Waals surface area contributed by atoms with Gasteiger partial charge in [0, 0.05) is 31.4 Å². The molecule has 2 aromatic carbocycles. The van der Waals surface area contributed by atoms with Crippen molar-refractivity contribution in [2.24, 2.45) is 0 Å². The van der Waals surface area contributed by atoms with E-state index < -0.39 is 0 Å². The van der Waals surface area contributed by atoms with Crippen molar-refractivity contribution < 1.29 is 18.7 Å². The Kier molecular flexibility index (Phi) is 5.90. The largest absolute Gasteiger partial charge is 0.492 e. The van der Waals surface area contributed by atoms with Crippen LogP contribution in [0.2, 0.25) is 0 Å². The number of halogens is 1. The van der Waals surface area contributed by atoms with E-state index in [0.717, 1.165) is 18.7 Å². The predicted molar refractivity (Wildman–Crippen MR) is 102 cm³/mol. The number of ether oxygens (including phenoxy) is 1. The molecule has 1 saturated heterocycles. The Hall–Kier alpha value is -3.09. The van der Waals surface area contributed by atoms with E-state index in [0.29, 0.717) is 31.0 Å². The molecule has 0 radical (unpaired) electrons. The number of hydrogen-bond acceptors (Lipinski definition) is 3. The van der Waals surface area contributed by atoms with Crippen LogP contribution in [0.1, 0.15) is 12.8 Å². The van der Waals surface area contributed by atoms with Crippen molar-refractivity contribution in [2.45, 2.75) is 12.8 Å². The molecule has 3 rings (SSSR count). The molecular formula is C20H22FN3O3. The number of nitrogens with zero attached hydrogens (tertiary/aromatic N) is 2. The quantitative estimate of drug-likeness (QED) is 0.845. The number of carbonyl (C=O) groups is 2. The van der Waals surface area contributed by atoms with Crippen molar-refractivity contribution >= 4 is 23.3 Å². The highest BCUT2D eigenvalue weighted by molar-refractivity contribution is 5.96. The molecule has 1 heterocycles. The first kappa shape index (κ1) is 18.7. The summed E-state index contributed by atoms with van der Waals surface area (Å²) >= 11 is 0. The van der Waals surface area contributed by atoms with E-state index in [1.165, 1.54) is 17.0 Å². The summed E-state index contributed by atoms with van der Waals surface area (Å²) in [4.78, 5) is 27.3. The summed E-state index contributed by atoms with van der Waals surface area (Å²) < 4.78 is 18.3. The third-order valence-electron chi connectivity index (χ3n) is 4.36. The number of benzene rings is 2. The highest BCUT2D eigenvalue weighted by atomic mass is 19.1. The standard InChI is InChI=1S/C20H22FN3O3/c1-23(13-14-27-18-10-4-15(21)5-11-18)20(26)22-16-6-8-17(9-7-16)24-12-2-3-19(24)25/h4-11H,2-3,12-14H2,1H3,(H,22,26). The Balaban J connectivity index is 1.46. The number of likely N-dealkylation sites (N-methyl/N-ethyl adjacent to an activating group) is 1. The molecule has 27 heavy (non-hydrogen) atoms. The van der Waals surface area contributed by atoms with Gasteiger partial charge in [0.25, 0.3) is 0 Å². The number of rotatable bonds is 6. The maximum absolute atomic E-state index is 12.8. The SMILES string of the molecule is CN(CCOc1ccc(F)cc1)C(=O)Nc1ccc(N2CCCC2=O)cc1. The zero-order chi connectivity index (χ0) is 19.2. The summed E-state index contributed by atoms with van der Waals surface area (Å²) in [7, 11) is 1.67. The van der Waals surface area contributed by atoms with Crippen molar-refractivity contribution in [3.05, 3.63) is 54.3 Å². The summed E-state index contributed by atoms with van der Waals surface area (Å²) in [5, 5.41) is 2.81. The smallest absolute Gasteiger partial charge is 0.321 e. The van der Waals surface area contributed by atoms with Crippen LogP contribution in [-0.2, 0) is 4.79 Å². The molecule has 1 aliphatic rings. The number of nitrogens with one attached hydrogen (secondary N) is 1. The average Bonchev–Trinajstić information content (AvgIpc) is 3.10. The first-order valence-electron chi connectivity index (χ1n) is 8.84. The van der Waals surface area contributed by atoms with Gasteiger partial charge in [0.2, 0.25) is 5.91 Å². The van der Waals surface area contributed by atoms with Crippen LogP contribution in [0.15, 0.2) is 48.5 Å². The minimum absolute atomic E-state index is 0.132. The second-order valence-electron chi connectivity index (χ2n) is 6.35. The zero-order valence-electron chi connectivity index (χ0n) is 15.2. The maximum atomic E-state index is 12.8. The molecule has 0 spiro atoms. The van der Waals surface area contributed by atoms with Gasteiger partial charge in [0.1, 0.15) is 18.2 Å². The summed E-state index contributed by atoms with van der Waals surface area (Å²) in [6, 6.07) is 12.7. The van der Waals surface area contributed by atoms with E-state index in [-0.39, 0.29) is 17.8 Å². The molecule has 142 valence electrons. The van der Waals surface area contributed by atoms with Crippen LogP contribution in [-0.4, -0.2) is 43.6 Å². The van der Waals surface area contributed by atoms with Crippen LogP contribution in [0.4, 0.5) is 20.6 Å². The van der Waals surface area contributed by atoms with Gasteiger partial charge in [-0.05, 0) is 55.0 Å². The molecule has 2 aromatic rings. The molecule has 7 heteroatoms. The molecule has 0 aliphatic carbocycles. The fourth-order valence-corrected chi connectivity index (χ4v) is 2.80. The predicted octanol–water partition coefficient (Wildman–Crippen LogP) is 3.50. The van der Waals surface area contributed by atoms with Crippen LogP contribution in [0.25, 0.3) is 0 Å². The Morgan fingerprint density at radius 2 is 1.89 bits per heavy atom. The van der Waals surface area contributed by atoms with Crippen molar-refractivity contribution in [3.63, 3.8) is 0 Å². The third-order valence-corrected chi connectivity index (χ3v) is 4.36. The van der Waals surface area contributed by atoms with Gasteiger partial charge in [0.15, 0.2) is 0 Å². The fourth-order valence-electron chi connectivity index (χ4n) is 2.80. The van der Waals surface area contributed by atoms with Crippen LogP contribution in [0.3, 0.4) is 0 Å². The van der Waals surface area contributed by atoms with Gasteiger partial charge in [-0.3, -0.25) is 4.79 Å². The summed E-state index contributed by atoms with van der Waals surface area (Å²) in [5.41, 5.74) is 1.50. The molecule has 6 nitrogen and oxygen atoms in total. The van der Waals surface area contributed by atoms with E-state index in [2.05, 4.69) is 5.32 Å². The molecule has 1 fully saturated rings. The molecular weight excluding hydrogens is 349 g/mol. The van der Waals surface area contributed by atoms with Crippen molar-refractivity contribution in [1.29, 1.82) is 0 Å². The number of anilines is 2. The van der Waals surface area contributed by atoms with Crippen LogP contribution < -0.4 is 15.0 Å². The Morgan fingerprint density at radius 3 is 2.52 bits per heavy atom. The molecule has 1 N–H and O–H groups in total. The van der Waals surface area contributed by atoms with Crippen LogP contribution >= 0.6 is 0 Å². The second-order valence-corrected chi connectivity index (χ2v) is 6.35. The van der Waals surface area contributed by atoms with E-state index in [9.17, 15) is 14.0 Å². The number of hydrogen-bond donors (Lipinski definition) is 1. The first-order valence-corrected chi connectivity index (χ1v) is 8.84. The van der Waals surface area contributed by atoms with E-state index in [1.54, 1.807) is 36.2 Å². The monoisotopic (exact) mass is 371 g/mol. The number of carbonyl (C=O) groups excluding carboxylic acids is 2. The van der Waals surface area contributed by atoms with Crippen molar-refractivity contribution in [3.8, 4) is 5.75 Å². The lowest BCUT2D eigenvalue weighted by Gasteiger charge is -2.19. The molecule has 0 saturated carbocycles. The zero-order valence-corrected chi connectivity index (χ0v) is 15.2. The molecule has 0 bridgehead atoms. The van der Waals surface area contributed by atoms with Gasteiger partial charge >= 0.3 is 6.03 Å². The average molecular weight is 371 g/mol. The van der Waals surface area contributed by atoms with Gasteiger partial charge in [-0.15, -0.1) is 0 Å². The summed E-state index contributed by atoms with van der Waals surface area (Å²) in [6.45, 7) is 1.41. The summed E-state index contributed by atoms with van der Waals surface area (Å²) in [6.07, 6.45) is 1.46. The van der Waals surface area contributed by atoms with Gasteiger partial charge in [-0.2, -0.15) is 0 Å². The van der Waals surface area contributed by atoms with E-state index in [1.807, 2.05) is 12.1 Å². The van der Waals surface area contributed by atoms with E-state index in [4.69, 9.17) is 4.74 Å². The van der Waals surface area contributed by atoms with Crippen molar-refractivity contribution in [2.75, 3.05) is 37.0 Å². The van der Waals surface area contributed by atoms with Gasteiger partial charge in [0.05, 0.1) is 6.54 Å². The molecule has 0 atom stereocenters. The topological polar surface area (TPSA) is 61.9 Å². The number of urea groups is 1. The van der Waals surface area contributed by atoms with Gasteiger partial charge in [-0.25, -0.2) is 9.18 Å². The highest BCUT2D eigenvalue weighted by Gasteiger charge is 2.21. The number of amides is 3. The second kappa shape index (κ2) is 8.53. The third kappa shape index (κ3) is 4.97. The maximum Gasteiger partial charge on any atom is 0.321 e. The van der Waals surface area contributed by atoms with Gasteiger partial charge in [-0.1, -0.05) is 0 Å². The van der Waals surface area contributed by atoms with Crippen LogP contribution in [0.5, 0.6) is 5.75 Å². The lowest BCUT2D eigenvalue weighted by Crippen LogP contribution is -2.34. The van der Waals surface area contributed by atoms with Crippen LogP contribution in [0, 0.1) is 5.82 Å². The molecule has 1 aliphatic heterocycles. The van der Waals surface area contributed by atoms with E-state index >= 15 is 0 Å². The first-order chi connectivity index (χ1) is 13.0. The lowest BCUT2D eigenvalue weighted by atomic mass is 10.2. The molecule has 0 aromatic heterocycles. The molecule has 0 unspecified atom stereocenters. The van der Waals surface area contributed by atoms with Crippen molar-refractivity contribution in [1.82, 2.24) is 4.90 Å². The Labute approximate surface area is 157 Å². The Morgan fingerprint density at radius 1 is 1.19 bits per heavy atom. The summed E-state index contributed by atoms with van der Waals surface area (Å²) in [5.74, 6) is 0.365. The normalized spacial score (nSPS) is 13.6. The lowest BCUT2D eigenvalue weighted by molar-refractivity contribution is -0.117. The fraction of sp³-hybridized carbons (Fsp3) is 0.300. The Bertz CT molecular complexity index is 793. The minimum atomic E-state index is -0.320. The van der Waals surface area contributed by atoms with Gasteiger partial charge < -0.3 is 19.9 Å². The highest BCUT2D eigenvalue weighted by Crippen LogP contribution is 2.23. The minimum Gasteiger partial charge on any atom is -0.492 e.